The monoisotopic (exact) mass is 193 g/mol. The summed E-state index contributed by atoms with van der Waals surface area (Å²) in [5.41, 5.74) is 4.00. The second kappa shape index (κ2) is 3.39. The van der Waals surface area contributed by atoms with Gasteiger partial charge in [0.2, 0.25) is 0 Å². The molecule has 3 heteroatoms. The summed E-state index contributed by atoms with van der Waals surface area (Å²) in [5, 5.41) is 11.0. The van der Waals surface area contributed by atoms with Gasteiger partial charge in [-0.2, -0.15) is 5.10 Å². The molecule has 0 amide bonds. The van der Waals surface area contributed by atoms with Crippen molar-refractivity contribution in [3.8, 4) is 0 Å². The molecule has 1 aromatic rings. The summed E-state index contributed by atoms with van der Waals surface area (Å²) in [6.07, 6.45) is 1.13. The lowest BCUT2D eigenvalue weighted by Gasteiger charge is -2.17. The third-order valence-electron chi connectivity index (χ3n) is 3.18. The summed E-state index contributed by atoms with van der Waals surface area (Å²) in [7, 11) is 2.04. The van der Waals surface area contributed by atoms with Crippen LogP contribution in [0.15, 0.2) is 0 Å². The fourth-order valence-corrected chi connectivity index (χ4v) is 2.50. The predicted octanol–water partition coefficient (Wildman–Crippen LogP) is 1.99. The molecule has 2 unspecified atom stereocenters. The third kappa shape index (κ3) is 1.27. The van der Waals surface area contributed by atoms with Gasteiger partial charge in [0.25, 0.3) is 0 Å². The summed E-state index contributed by atoms with van der Waals surface area (Å²) in [5.74, 6) is 1.19. The van der Waals surface area contributed by atoms with Crippen LogP contribution in [0.2, 0.25) is 0 Å². The van der Waals surface area contributed by atoms with Gasteiger partial charge >= 0.3 is 0 Å². The van der Waals surface area contributed by atoms with Gasteiger partial charge in [-0.15, -0.1) is 0 Å². The number of H-pyrrole nitrogens is 1. The smallest absolute Gasteiger partial charge is 0.0698 e. The average Bonchev–Trinajstić information content (AvgIpc) is 2.61. The van der Waals surface area contributed by atoms with Crippen LogP contribution in [0.3, 0.4) is 0 Å². The van der Waals surface area contributed by atoms with Gasteiger partial charge in [-0.05, 0) is 25.3 Å². The van der Waals surface area contributed by atoms with E-state index >= 15 is 0 Å². The van der Waals surface area contributed by atoms with Crippen molar-refractivity contribution in [2.45, 2.75) is 39.2 Å². The highest BCUT2D eigenvalue weighted by molar-refractivity contribution is 5.36. The molecule has 2 rings (SSSR count). The summed E-state index contributed by atoms with van der Waals surface area (Å²) in [6.45, 7) is 6.69. The van der Waals surface area contributed by atoms with Gasteiger partial charge < -0.3 is 5.32 Å². The van der Waals surface area contributed by atoms with Crippen LogP contribution in [0, 0.1) is 5.92 Å². The highest BCUT2D eigenvalue weighted by Gasteiger charge is 2.33. The maximum absolute atomic E-state index is 4.40. The van der Waals surface area contributed by atoms with Crippen molar-refractivity contribution >= 4 is 0 Å². The van der Waals surface area contributed by atoms with Crippen molar-refractivity contribution in [3.05, 3.63) is 17.0 Å². The number of nitrogens with one attached hydrogen (secondary N) is 2. The molecule has 1 heterocycles. The van der Waals surface area contributed by atoms with E-state index in [4.69, 9.17) is 0 Å². The molecule has 3 nitrogen and oxygen atoms in total. The molecule has 0 aliphatic heterocycles. The number of aromatic nitrogens is 2. The molecule has 1 aliphatic rings. The Morgan fingerprint density at radius 3 is 2.79 bits per heavy atom. The van der Waals surface area contributed by atoms with Crippen molar-refractivity contribution in [2.75, 3.05) is 7.05 Å². The van der Waals surface area contributed by atoms with Crippen LogP contribution in [-0.4, -0.2) is 17.2 Å². The molecule has 0 saturated heterocycles. The maximum atomic E-state index is 4.40. The van der Waals surface area contributed by atoms with Crippen LogP contribution in [0.5, 0.6) is 0 Å². The molecule has 0 fully saturated rings. The lowest BCUT2D eigenvalue weighted by atomic mass is 9.98. The quantitative estimate of drug-likeness (QED) is 0.754. The van der Waals surface area contributed by atoms with E-state index in [9.17, 15) is 0 Å². The van der Waals surface area contributed by atoms with Gasteiger partial charge in [0, 0.05) is 17.3 Å². The zero-order valence-electron chi connectivity index (χ0n) is 9.39. The lowest BCUT2D eigenvalue weighted by Crippen LogP contribution is -2.20. The SMILES string of the molecule is CNC1c2c(C(C)C)n[nH]c2CC1C. The van der Waals surface area contributed by atoms with Crippen LogP contribution in [0.4, 0.5) is 0 Å². The Bertz CT molecular complexity index is 327. The highest BCUT2D eigenvalue weighted by Crippen LogP contribution is 2.38. The van der Waals surface area contributed by atoms with Crippen molar-refractivity contribution in [1.29, 1.82) is 0 Å². The predicted molar refractivity (Wildman–Crippen MR) is 57.3 cm³/mol. The zero-order valence-corrected chi connectivity index (χ0v) is 9.39. The van der Waals surface area contributed by atoms with Crippen LogP contribution >= 0.6 is 0 Å². The summed E-state index contributed by atoms with van der Waals surface area (Å²) >= 11 is 0. The van der Waals surface area contributed by atoms with E-state index < -0.39 is 0 Å². The van der Waals surface area contributed by atoms with Crippen LogP contribution in [-0.2, 0) is 6.42 Å². The fraction of sp³-hybridized carbons (Fsp3) is 0.727. The lowest BCUT2D eigenvalue weighted by molar-refractivity contribution is 0.439. The average molecular weight is 193 g/mol. The van der Waals surface area contributed by atoms with Crippen molar-refractivity contribution < 1.29 is 0 Å². The van der Waals surface area contributed by atoms with Crippen molar-refractivity contribution in [3.63, 3.8) is 0 Å². The molecule has 0 radical (unpaired) electrons. The van der Waals surface area contributed by atoms with Gasteiger partial charge in [-0.25, -0.2) is 0 Å². The standard InChI is InChI=1S/C11H19N3/c1-6(2)10-9-8(13-14-10)5-7(3)11(9)12-4/h6-7,11-12H,5H2,1-4H3,(H,13,14). The first-order valence-electron chi connectivity index (χ1n) is 5.39. The van der Waals surface area contributed by atoms with Gasteiger partial charge in [0.05, 0.1) is 5.69 Å². The number of aromatic amines is 1. The topological polar surface area (TPSA) is 40.7 Å². The van der Waals surface area contributed by atoms with Crippen LogP contribution in [0.1, 0.15) is 49.7 Å². The molecular formula is C11H19N3. The Morgan fingerprint density at radius 2 is 2.21 bits per heavy atom. The van der Waals surface area contributed by atoms with Gasteiger partial charge in [0.15, 0.2) is 0 Å². The minimum Gasteiger partial charge on any atom is -0.313 e. The molecule has 1 aromatic heterocycles. The largest absolute Gasteiger partial charge is 0.313 e. The molecule has 1 aliphatic carbocycles. The minimum atomic E-state index is 0.487. The fourth-order valence-electron chi connectivity index (χ4n) is 2.50. The van der Waals surface area contributed by atoms with Gasteiger partial charge in [0.1, 0.15) is 0 Å². The normalized spacial score (nSPS) is 25.8. The Morgan fingerprint density at radius 1 is 1.50 bits per heavy atom. The summed E-state index contributed by atoms with van der Waals surface area (Å²) < 4.78 is 0. The molecule has 2 atom stereocenters. The molecule has 78 valence electrons. The van der Waals surface area contributed by atoms with Crippen molar-refractivity contribution in [2.24, 2.45) is 5.92 Å². The highest BCUT2D eigenvalue weighted by atomic mass is 15.1. The number of hydrogen-bond donors (Lipinski definition) is 2. The van der Waals surface area contributed by atoms with E-state index in [0.29, 0.717) is 17.9 Å². The second-order valence-electron chi connectivity index (χ2n) is 4.60. The third-order valence-corrected chi connectivity index (χ3v) is 3.18. The first-order valence-corrected chi connectivity index (χ1v) is 5.39. The van der Waals surface area contributed by atoms with Crippen molar-refractivity contribution in [1.82, 2.24) is 15.5 Å². The van der Waals surface area contributed by atoms with E-state index in [1.54, 1.807) is 0 Å². The minimum absolute atomic E-state index is 0.487. The van der Waals surface area contributed by atoms with Crippen LogP contribution < -0.4 is 5.32 Å². The summed E-state index contributed by atoms with van der Waals surface area (Å²) in [4.78, 5) is 0. The second-order valence-corrected chi connectivity index (χ2v) is 4.60. The zero-order chi connectivity index (χ0) is 10.3. The molecular weight excluding hydrogens is 174 g/mol. The summed E-state index contributed by atoms with van der Waals surface area (Å²) in [6, 6.07) is 0.487. The Hall–Kier alpha value is -0.830. The number of rotatable bonds is 2. The van der Waals surface area contributed by atoms with E-state index in [-0.39, 0.29) is 0 Å². The Balaban J connectivity index is 2.42. The molecule has 0 spiro atoms. The van der Waals surface area contributed by atoms with E-state index in [1.165, 1.54) is 17.0 Å². The first kappa shape index (κ1) is 9.71. The number of hydrogen-bond acceptors (Lipinski definition) is 2. The molecule has 0 saturated carbocycles. The molecule has 0 bridgehead atoms. The van der Waals surface area contributed by atoms with Gasteiger partial charge in [-0.3, -0.25) is 5.10 Å². The van der Waals surface area contributed by atoms with E-state index in [1.807, 2.05) is 7.05 Å². The molecule has 14 heavy (non-hydrogen) atoms. The number of fused-ring (bicyclic) bond motifs is 1. The molecule has 0 aromatic carbocycles. The molecule has 2 N–H and O–H groups in total. The number of nitrogens with zero attached hydrogens (tertiary/aromatic N) is 1. The Kier molecular flexibility index (Phi) is 2.35. The maximum Gasteiger partial charge on any atom is 0.0698 e. The Labute approximate surface area is 85.3 Å². The van der Waals surface area contributed by atoms with E-state index in [0.717, 1.165) is 6.42 Å². The van der Waals surface area contributed by atoms with Gasteiger partial charge in [-0.1, -0.05) is 20.8 Å². The van der Waals surface area contributed by atoms with Crippen LogP contribution in [0.25, 0.3) is 0 Å². The van der Waals surface area contributed by atoms with E-state index in [2.05, 4.69) is 36.3 Å². The first-order chi connectivity index (χ1) is 6.65.